The van der Waals surface area contributed by atoms with Crippen LogP contribution < -0.4 is 10.9 Å². The molecule has 118 valence electrons. The van der Waals surface area contributed by atoms with Crippen molar-refractivity contribution in [2.45, 2.75) is 0 Å². The Morgan fingerprint density at radius 3 is 2.42 bits per heavy atom. The molecule has 3 N–H and O–H groups in total. The molecule has 7 heteroatoms. The van der Waals surface area contributed by atoms with Crippen LogP contribution in [0.3, 0.4) is 0 Å². The predicted octanol–water partition coefficient (Wildman–Crippen LogP) is 3.41. The van der Waals surface area contributed by atoms with Gasteiger partial charge < -0.3 is 10.4 Å². The zero-order valence-corrected chi connectivity index (χ0v) is 13.0. The Bertz CT molecular complexity index is 973. The van der Waals surface area contributed by atoms with Crippen LogP contribution in [0.1, 0.15) is 5.56 Å². The van der Waals surface area contributed by atoms with Crippen molar-refractivity contribution in [1.29, 1.82) is 5.26 Å². The standard InChI is InChI=1S/C17H11ClN4O2/c18-11-3-5-12(6-4-11)20-17-21-15(14(9-19)16(24)22-17)10-1-7-13(23)8-2-10/h1-8,23H,(H2,20,21,22,24). The third-order valence-electron chi connectivity index (χ3n) is 3.28. The van der Waals surface area contributed by atoms with Gasteiger partial charge in [0.15, 0.2) is 0 Å². The van der Waals surface area contributed by atoms with Crippen molar-refractivity contribution in [3.05, 3.63) is 69.5 Å². The molecule has 0 spiro atoms. The number of aromatic hydroxyl groups is 1. The van der Waals surface area contributed by atoms with Gasteiger partial charge in [-0.25, -0.2) is 4.98 Å². The number of nitriles is 1. The molecule has 24 heavy (non-hydrogen) atoms. The second kappa shape index (κ2) is 6.44. The molecule has 0 amide bonds. The average Bonchev–Trinajstić information content (AvgIpc) is 2.57. The van der Waals surface area contributed by atoms with Crippen molar-refractivity contribution in [3.63, 3.8) is 0 Å². The summed E-state index contributed by atoms with van der Waals surface area (Å²) < 4.78 is 0. The van der Waals surface area contributed by atoms with Gasteiger partial charge >= 0.3 is 0 Å². The Hall–Kier alpha value is -3.30. The van der Waals surface area contributed by atoms with E-state index in [4.69, 9.17) is 11.6 Å². The highest BCUT2D eigenvalue weighted by molar-refractivity contribution is 6.30. The topological polar surface area (TPSA) is 102 Å². The molecule has 0 atom stereocenters. The summed E-state index contributed by atoms with van der Waals surface area (Å²) in [5.41, 5.74) is 0.825. The van der Waals surface area contributed by atoms with E-state index >= 15 is 0 Å². The largest absolute Gasteiger partial charge is 0.508 e. The summed E-state index contributed by atoms with van der Waals surface area (Å²) in [6.07, 6.45) is 0. The third kappa shape index (κ3) is 3.21. The lowest BCUT2D eigenvalue weighted by Gasteiger charge is -2.09. The van der Waals surface area contributed by atoms with E-state index in [2.05, 4.69) is 15.3 Å². The van der Waals surface area contributed by atoms with Crippen LogP contribution in [0.25, 0.3) is 11.3 Å². The van der Waals surface area contributed by atoms with Gasteiger partial charge in [0, 0.05) is 16.3 Å². The molecular formula is C17H11ClN4O2. The van der Waals surface area contributed by atoms with Gasteiger partial charge in [-0.3, -0.25) is 9.78 Å². The third-order valence-corrected chi connectivity index (χ3v) is 3.53. The second-order valence-electron chi connectivity index (χ2n) is 4.93. The van der Waals surface area contributed by atoms with E-state index in [1.54, 1.807) is 36.4 Å². The number of phenolic OH excluding ortho intramolecular Hbond substituents is 1. The number of halogens is 1. The smallest absolute Gasteiger partial charge is 0.270 e. The number of aromatic amines is 1. The van der Waals surface area contributed by atoms with Crippen molar-refractivity contribution in [2.24, 2.45) is 0 Å². The van der Waals surface area contributed by atoms with Crippen LogP contribution in [0, 0.1) is 11.3 Å². The Labute approximate surface area is 142 Å². The van der Waals surface area contributed by atoms with Crippen molar-refractivity contribution in [1.82, 2.24) is 9.97 Å². The number of nitrogens with zero attached hydrogens (tertiary/aromatic N) is 2. The molecule has 6 nitrogen and oxygen atoms in total. The summed E-state index contributed by atoms with van der Waals surface area (Å²) in [4.78, 5) is 19.0. The molecule has 0 bridgehead atoms. The Morgan fingerprint density at radius 1 is 1.12 bits per heavy atom. The van der Waals surface area contributed by atoms with Gasteiger partial charge in [0.2, 0.25) is 5.95 Å². The molecule has 2 aromatic carbocycles. The fourth-order valence-electron chi connectivity index (χ4n) is 2.13. The van der Waals surface area contributed by atoms with Crippen LogP contribution in [-0.2, 0) is 0 Å². The molecule has 0 fully saturated rings. The number of anilines is 2. The number of H-pyrrole nitrogens is 1. The number of nitrogens with one attached hydrogen (secondary N) is 2. The van der Waals surface area contributed by atoms with E-state index in [0.717, 1.165) is 0 Å². The Morgan fingerprint density at radius 2 is 1.79 bits per heavy atom. The van der Waals surface area contributed by atoms with Crippen LogP contribution >= 0.6 is 11.6 Å². The van der Waals surface area contributed by atoms with Gasteiger partial charge in [0.05, 0.1) is 5.69 Å². The minimum Gasteiger partial charge on any atom is -0.508 e. The summed E-state index contributed by atoms with van der Waals surface area (Å²) in [5.74, 6) is 0.283. The predicted molar refractivity (Wildman–Crippen MR) is 91.4 cm³/mol. The van der Waals surface area contributed by atoms with E-state index in [1.165, 1.54) is 12.1 Å². The molecule has 0 aliphatic carbocycles. The Balaban J connectivity index is 2.06. The molecule has 1 aromatic heterocycles. The van der Waals surface area contributed by atoms with Crippen molar-refractivity contribution in [2.75, 3.05) is 5.32 Å². The maximum atomic E-state index is 12.1. The number of benzene rings is 2. The minimum absolute atomic E-state index is 0.0848. The fourth-order valence-corrected chi connectivity index (χ4v) is 2.26. The van der Waals surface area contributed by atoms with Crippen LogP contribution in [0.2, 0.25) is 5.02 Å². The van der Waals surface area contributed by atoms with E-state index < -0.39 is 5.56 Å². The highest BCUT2D eigenvalue weighted by Gasteiger charge is 2.13. The van der Waals surface area contributed by atoms with Gasteiger partial charge in [-0.2, -0.15) is 5.26 Å². The van der Waals surface area contributed by atoms with Crippen molar-refractivity contribution in [3.8, 4) is 23.1 Å². The van der Waals surface area contributed by atoms with E-state index in [9.17, 15) is 15.2 Å². The number of aromatic nitrogens is 2. The molecular weight excluding hydrogens is 328 g/mol. The monoisotopic (exact) mass is 338 g/mol. The van der Waals surface area contributed by atoms with E-state index in [-0.39, 0.29) is 23.0 Å². The van der Waals surface area contributed by atoms with Gasteiger partial charge in [-0.1, -0.05) is 11.6 Å². The lowest BCUT2D eigenvalue weighted by molar-refractivity contribution is 0.475. The quantitative estimate of drug-likeness (QED) is 0.679. The molecule has 0 radical (unpaired) electrons. The lowest BCUT2D eigenvalue weighted by atomic mass is 10.1. The van der Waals surface area contributed by atoms with Crippen LogP contribution in [0.4, 0.5) is 11.6 Å². The maximum absolute atomic E-state index is 12.1. The first-order chi connectivity index (χ1) is 11.6. The molecule has 0 saturated heterocycles. The fraction of sp³-hybridized carbons (Fsp3) is 0. The van der Waals surface area contributed by atoms with Crippen molar-refractivity contribution >= 4 is 23.2 Å². The maximum Gasteiger partial charge on any atom is 0.270 e. The summed E-state index contributed by atoms with van der Waals surface area (Å²) in [5, 5.41) is 22.2. The average molecular weight is 339 g/mol. The zero-order valence-electron chi connectivity index (χ0n) is 12.2. The number of hydrogen-bond acceptors (Lipinski definition) is 5. The van der Waals surface area contributed by atoms with E-state index in [1.807, 2.05) is 6.07 Å². The van der Waals surface area contributed by atoms with Gasteiger partial charge in [0.25, 0.3) is 5.56 Å². The normalized spacial score (nSPS) is 10.2. The molecule has 0 saturated carbocycles. The summed E-state index contributed by atoms with van der Waals surface area (Å²) >= 11 is 5.84. The first-order valence-electron chi connectivity index (χ1n) is 6.93. The number of rotatable bonds is 3. The van der Waals surface area contributed by atoms with Gasteiger partial charge in [-0.15, -0.1) is 0 Å². The first-order valence-corrected chi connectivity index (χ1v) is 7.31. The Kier molecular flexibility index (Phi) is 4.18. The molecule has 0 unspecified atom stereocenters. The van der Waals surface area contributed by atoms with Gasteiger partial charge in [0.1, 0.15) is 17.4 Å². The highest BCUT2D eigenvalue weighted by Crippen LogP contribution is 2.23. The molecule has 3 aromatic rings. The van der Waals surface area contributed by atoms with Crippen LogP contribution in [0.5, 0.6) is 5.75 Å². The molecule has 0 aliphatic heterocycles. The first kappa shape index (κ1) is 15.6. The van der Waals surface area contributed by atoms with E-state index in [0.29, 0.717) is 16.3 Å². The summed E-state index contributed by atoms with van der Waals surface area (Å²) in [6, 6.07) is 14.8. The number of phenols is 1. The van der Waals surface area contributed by atoms with Gasteiger partial charge in [-0.05, 0) is 48.5 Å². The summed E-state index contributed by atoms with van der Waals surface area (Å²) in [6.45, 7) is 0. The van der Waals surface area contributed by atoms with Crippen LogP contribution in [0.15, 0.2) is 53.3 Å². The molecule has 1 heterocycles. The second-order valence-corrected chi connectivity index (χ2v) is 5.37. The lowest BCUT2D eigenvalue weighted by Crippen LogP contribution is -2.16. The highest BCUT2D eigenvalue weighted by atomic mass is 35.5. The summed E-state index contributed by atoms with van der Waals surface area (Å²) in [7, 11) is 0. The van der Waals surface area contributed by atoms with Crippen LogP contribution in [-0.4, -0.2) is 15.1 Å². The zero-order chi connectivity index (χ0) is 17.1. The number of hydrogen-bond donors (Lipinski definition) is 3. The van der Waals surface area contributed by atoms with Crippen molar-refractivity contribution < 1.29 is 5.11 Å². The SMILES string of the molecule is N#Cc1c(-c2ccc(O)cc2)nc(Nc2ccc(Cl)cc2)[nH]c1=O. The molecule has 3 rings (SSSR count). The molecule has 0 aliphatic rings. The minimum atomic E-state index is -0.549.